The molecule has 1 saturated heterocycles. The Kier molecular flexibility index (Phi) is 5.81. The van der Waals surface area contributed by atoms with Crippen LogP contribution in [-0.2, 0) is 0 Å². The summed E-state index contributed by atoms with van der Waals surface area (Å²) in [5.41, 5.74) is 0. The molecule has 0 bridgehead atoms. The van der Waals surface area contributed by atoms with E-state index in [9.17, 15) is 0 Å². The van der Waals surface area contributed by atoms with Gasteiger partial charge in [-0.25, -0.2) is 0 Å². The zero-order valence-electron chi connectivity index (χ0n) is 11.1. The highest BCUT2D eigenvalue weighted by molar-refractivity contribution is 5.79. The molecular formula is C13H27N3. The Bertz CT molecular complexity index is 213. The first-order valence-corrected chi connectivity index (χ1v) is 6.64. The quantitative estimate of drug-likeness (QED) is 0.704. The summed E-state index contributed by atoms with van der Waals surface area (Å²) in [6.45, 7) is 7.85. The van der Waals surface area contributed by atoms with Gasteiger partial charge in [0.1, 0.15) is 0 Å². The molecular weight excluding hydrogens is 198 g/mol. The van der Waals surface area contributed by atoms with Gasteiger partial charge in [0.25, 0.3) is 0 Å². The lowest BCUT2D eigenvalue weighted by Gasteiger charge is -2.29. The SMILES string of the molecule is CC(C)N(C)CCCCN1CCCCC1=N. The molecule has 3 heteroatoms. The van der Waals surface area contributed by atoms with Gasteiger partial charge in [-0.3, -0.25) is 5.41 Å². The van der Waals surface area contributed by atoms with Gasteiger partial charge in [0.2, 0.25) is 0 Å². The van der Waals surface area contributed by atoms with Gasteiger partial charge in [0, 0.05) is 25.6 Å². The zero-order valence-corrected chi connectivity index (χ0v) is 11.1. The van der Waals surface area contributed by atoms with Crippen LogP contribution >= 0.6 is 0 Å². The van der Waals surface area contributed by atoms with Crippen LogP contribution < -0.4 is 0 Å². The molecule has 0 saturated carbocycles. The van der Waals surface area contributed by atoms with Gasteiger partial charge in [0.05, 0.1) is 5.84 Å². The molecule has 1 fully saturated rings. The summed E-state index contributed by atoms with van der Waals surface area (Å²) in [6.07, 6.45) is 5.95. The third-order valence-electron chi connectivity index (χ3n) is 3.54. The zero-order chi connectivity index (χ0) is 12.0. The Labute approximate surface area is 100 Å². The van der Waals surface area contributed by atoms with Crippen LogP contribution in [0.15, 0.2) is 0 Å². The summed E-state index contributed by atoms with van der Waals surface area (Å²) >= 11 is 0. The molecule has 1 N–H and O–H groups in total. The first kappa shape index (κ1) is 13.5. The van der Waals surface area contributed by atoms with Crippen LogP contribution in [0.2, 0.25) is 0 Å². The number of hydrogen-bond donors (Lipinski definition) is 1. The van der Waals surface area contributed by atoms with Crippen LogP contribution in [0.1, 0.15) is 46.0 Å². The second-order valence-corrected chi connectivity index (χ2v) is 5.17. The highest BCUT2D eigenvalue weighted by Crippen LogP contribution is 2.11. The summed E-state index contributed by atoms with van der Waals surface area (Å²) in [5, 5.41) is 7.85. The smallest absolute Gasteiger partial charge is 0.0957 e. The molecule has 0 unspecified atom stereocenters. The van der Waals surface area contributed by atoms with Crippen LogP contribution in [-0.4, -0.2) is 48.4 Å². The fraction of sp³-hybridized carbons (Fsp3) is 0.923. The number of amidine groups is 1. The van der Waals surface area contributed by atoms with E-state index in [1.165, 1.54) is 32.2 Å². The van der Waals surface area contributed by atoms with Crippen LogP contribution in [0.3, 0.4) is 0 Å². The van der Waals surface area contributed by atoms with Crippen LogP contribution in [0.5, 0.6) is 0 Å². The van der Waals surface area contributed by atoms with Crippen molar-refractivity contribution in [2.45, 2.75) is 52.0 Å². The van der Waals surface area contributed by atoms with Gasteiger partial charge >= 0.3 is 0 Å². The van der Waals surface area contributed by atoms with Gasteiger partial charge in [-0.2, -0.15) is 0 Å². The summed E-state index contributed by atoms with van der Waals surface area (Å²) in [4.78, 5) is 4.65. The molecule has 1 heterocycles. The predicted octanol–water partition coefficient (Wildman–Crippen LogP) is 2.57. The average Bonchev–Trinajstić information content (AvgIpc) is 2.26. The first-order chi connectivity index (χ1) is 7.61. The third kappa shape index (κ3) is 4.52. The molecule has 1 aliphatic heterocycles. The van der Waals surface area contributed by atoms with Crippen molar-refractivity contribution < 1.29 is 0 Å². The highest BCUT2D eigenvalue weighted by atomic mass is 15.2. The Hall–Kier alpha value is -0.570. The number of unbranched alkanes of at least 4 members (excludes halogenated alkanes) is 1. The number of rotatable bonds is 6. The van der Waals surface area contributed by atoms with E-state index in [2.05, 4.69) is 30.7 Å². The molecule has 0 aromatic heterocycles. The first-order valence-electron chi connectivity index (χ1n) is 6.64. The van der Waals surface area contributed by atoms with Crippen LogP contribution in [0.25, 0.3) is 0 Å². The van der Waals surface area contributed by atoms with E-state index in [1.807, 2.05) is 0 Å². The molecule has 0 amide bonds. The molecule has 0 aromatic rings. The van der Waals surface area contributed by atoms with E-state index in [1.54, 1.807) is 0 Å². The normalized spacial score (nSPS) is 17.6. The molecule has 3 nitrogen and oxygen atoms in total. The molecule has 0 aromatic carbocycles. The Morgan fingerprint density at radius 3 is 2.69 bits per heavy atom. The minimum atomic E-state index is 0.647. The second-order valence-electron chi connectivity index (χ2n) is 5.17. The van der Waals surface area contributed by atoms with Crippen molar-refractivity contribution in [3.8, 4) is 0 Å². The van der Waals surface area contributed by atoms with Crippen molar-refractivity contribution in [1.82, 2.24) is 9.80 Å². The molecule has 94 valence electrons. The number of nitrogens with zero attached hydrogens (tertiary/aromatic N) is 2. The minimum Gasteiger partial charge on any atom is -0.361 e. The molecule has 1 rings (SSSR count). The number of likely N-dealkylation sites (tertiary alicyclic amines) is 1. The lowest BCUT2D eigenvalue weighted by atomic mass is 10.1. The molecule has 0 atom stereocenters. The maximum Gasteiger partial charge on any atom is 0.0957 e. The van der Waals surface area contributed by atoms with Gasteiger partial charge in [-0.15, -0.1) is 0 Å². The van der Waals surface area contributed by atoms with E-state index in [-0.39, 0.29) is 0 Å². The van der Waals surface area contributed by atoms with Crippen molar-refractivity contribution in [3.63, 3.8) is 0 Å². The van der Waals surface area contributed by atoms with E-state index >= 15 is 0 Å². The largest absolute Gasteiger partial charge is 0.361 e. The summed E-state index contributed by atoms with van der Waals surface area (Å²) in [7, 11) is 2.19. The second kappa shape index (κ2) is 6.89. The third-order valence-corrected chi connectivity index (χ3v) is 3.54. The van der Waals surface area contributed by atoms with Gasteiger partial charge < -0.3 is 9.80 Å². The van der Waals surface area contributed by atoms with Crippen molar-refractivity contribution >= 4 is 5.84 Å². The predicted molar refractivity (Wildman–Crippen MR) is 70.2 cm³/mol. The van der Waals surface area contributed by atoms with Crippen LogP contribution in [0, 0.1) is 5.41 Å². The fourth-order valence-corrected chi connectivity index (χ4v) is 2.06. The molecule has 1 aliphatic rings. The molecule has 0 spiro atoms. The van der Waals surface area contributed by atoms with E-state index in [0.717, 1.165) is 25.3 Å². The van der Waals surface area contributed by atoms with E-state index in [4.69, 9.17) is 5.41 Å². The molecule has 0 aliphatic carbocycles. The Balaban J connectivity index is 2.08. The van der Waals surface area contributed by atoms with Crippen molar-refractivity contribution in [2.24, 2.45) is 0 Å². The molecule has 0 radical (unpaired) electrons. The van der Waals surface area contributed by atoms with E-state index in [0.29, 0.717) is 6.04 Å². The maximum absolute atomic E-state index is 7.85. The van der Waals surface area contributed by atoms with Crippen molar-refractivity contribution in [2.75, 3.05) is 26.7 Å². The summed E-state index contributed by atoms with van der Waals surface area (Å²) in [5.74, 6) is 0.864. The monoisotopic (exact) mass is 225 g/mol. The number of hydrogen-bond acceptors (Lipinski definition) is 2. The standard InChI is InChI=1S/C13H27N3/c1-12(2)15(3)9-6-7-11-16-10-5-4-8-13(16)14/h12,14H,4-11H2,1-3H3. The van der Waals surface area contributed by atoms with Crippen molar-refractivity contribution in [3.05, 3.63) is 0 Å². The topological polar surface area (TPSA) is 30.3 Å². The lowest BCUT2D eigenvalue weighted by molar-refractivity contribution is 0.261. The van der Waals surface area contributed by atoms with Gasteiger partial charge in [-0.05, 0) is 53.1 Å². The molecule has 16 heavy (non-hydrogen) atoms. The van der Waals surface area contributed by atoms with Gasteiger partial charge in [0.15, 0.2) is 0 Å². The maximum atomic E-state index is 7.85. The summed E-state index contributed by atoms with van der Waals surface area (Å²) in [6, 6.07) is 0.647. The fourth-order valence-electron chi connectivity index (χ4n) is 2.06. The number of nitrogens with one attached hydrogen (secondary N) is 1. The van der Waals surface area contributed by atoms with Gasteiger partial charge in [-0.1, -0.05) is 0 Å². The summed E-state index contributed by atoms with van der Waals surface area (Å²) < 4.78 is 0. The lowest BCUT2D eigenvalue weighted by Crippen LogP contribution is -2.36. The number of piperidine rings is 1. The average molecular weight is 225 g/mol. The highest BCUT2D eigenvalue weighted by Gasteiger charge is 2.13. The Morgan fingerprint density at radius 1 is 1.31 bits per heavy atom. The van der Waals surface area contributed by atoms with E-state index < -0.39 is 0 Å². The minimum absolute atomic E-state index is 0.647. The van der Waals surface area contributed by atoms with Crippen LogP contribution in [0.4, 0.5) is 0 Å². The Morgan fingerprint density at radius 2 is 2.06 bits per heavy atom. The van der Waals surface area contributed by atoms with Crippen molar-refractivity contribution in [1.29, 1.82) is 5.41 Å².